The number of rotatable bonds is 5. The Balaban J connectivity index is 2.13. The molecule has 1 amide bonds. The van der Waals surface area contributed by atoms with Crippen LogP contribution >= 0.6 is 0 Å². The van der Waals surface area contributed by atoms with Crippen molar-refractivity contribution < 1.29 is 28.2 Å². The summed E-state index contributed by atoms with van der Waals surface area (Å²) in [6.45, 7) is 5.36. The molecular weight excluding hydrogens is 427 g/mol. The van der Waals surface area contributed by atoms with E-state index in [9.17, 15) is 28.2 Å². The van der Waals surface area contributed by atoms with E-state index in [0.29, 0.717) is 23.7 Å². The number of nitrogen functional groups attached to an aromatic ring is 1. The first kappa shape index (κ1) is 23.5. The summed E-state index contributed by atoms with van der Waals surface area (Å²) in [6, 6.07) is 3.88. The van der Waals surface area contributed by atoms with Gasteiger partial charge in [0.25, 0.3) is 5.91 Å². The summed E-state index contributed by atoms with van der Waals surface area (Å²) in [5, 5.41) is 22.4. The quantitative estimate of drug-likeness (QED) is 0.472. The highest BCUT2D eigenvalue weighted by molar-refractivity contribution is 5.97. The average molecular weight is 451 g/mol. The van der Waals surface area contributed by atoms with Crippen LogP contribution in [0.15, 0.2) is 30.6 Å². The highest BCUT2D eigenvalue weighted by Crippen LogP contribution is 2.40. The van der Waals surface area contributed by atoms with E-state index in [0.717, 1.165) is 0 Å². The Labute approximate surface area is 181 Å². The number of aryl methyl sites for hydroxylation is 1. The topological polar surface area (TPSA) is 126 Å². The van der Waals surface area contributed by atoms with Gasteiger partial charge < -0.3 is 21.3 Å². The number of aliphatic hydroxyl groups is 2. The Morgan fingerprint density at radius 2 is 1.81 bits per heavy atom. The van der Waals surface area contributed by atoms with Crippen LogP contribution in [0, 0.1) is 6.92 Å². The second-order valence-corrected chi connectivity index (χ2v) is 8.42. The predicted octanol–water partition coefficient (Wildman–Crippen LogP) is 2.56. The van der Waals surface area contributed by atoms with E-state index in [1.807, 2.05) is 0 Å². The van der Waals surface area contributed by atoms with Crippen LogP contribution in [0.25, 0.3) is 16.9 Å². The smallest absolute Gasteiger partial charge is 0.389 e. The zero-order valence-electron chi connectivity index (χ0n) is 17.9. The normalized spacial score (nSPS) is 14.4. The lowest BCUT2D eigenvalue weighted by atomic mass is 9.91. The minimum absolute atomic E-state index is 0.0462. The van der Waals surface area contributed by atoms with Gasteiger partial charge in [-0.3, -0.25) is 9.20 Å². The molecule has 3 rings (SSSR count). The van der Waals surface area contributed by atoms with Crippen molar-refractivity contribution >= 4 is 17.4 Å². The lowest BCUT2D eigenvalue weighted by Gasteiger charge is -2.27. The number of carbonyl (C=O) groups is 1. The fourth-order valence-electron chi connectivity index (χ4n) is 3.11. The third-order valence-electron chi connectivity index (χ3n) is 5.11. The van der Waals surface area contributed by atoms with Crippen molar-refractivity contribution in [3.63, 3.8) is 0 Å². The number of carbonyl (C=O) groups excluding carboxylic acids is 1. The summed E-state index contributed by atoms with van der Waals surface area (Å²) >= 11 is 0. The first-order valence-electron chi connectivity index (χ1n) is 9.66. The summed E-state index contributed by atoms with van der Waals surface area (Å²) in [6.07, 6.45) is -2.17. The van der Waals surface area contributed by atoms with Gasteiger partial charge in [0, 0.05) is 12.1 Å². The van der Waals surface area contributed by atoms with Crippen LogP contribution in [0.3, 0.4) is 0 Å². The molecular formula is C21H24F3N5O3. The van der Waals surface area contributed by atoms with Gasteiger partial charge in [0.2, 0.25) is 0 Å². The number of nitrogens with two attached hydrogens (primary N) is 1. The molecule has 0 aliphatic rings. The maximum absolute atomic E-state index is 13.4. The molecule has 1 atom stereocenters. The number of imidazole rings is 1. The summed E-state index contributed by atoms with van der Waals surface area (Å²) in [5.74, 6) is -0.702. The molecule has 0 aliphatic carbocycles. The number of benzene rings is 1. The molecule has 2 heterocycles. The number of alkyl halides is 3. The Bertz CT molecular complexity index is 1180. The van der Waals surface area contributed by atoms with Gasteiger partial charge in [0.1, 0.15) is 5.82 Å². The molecule has 2 aromatic heterocycles. The van der Waals surface area contributed by atoms with Gasteiger partial charge in [-0.1, -0.05) is 12.1 Å². The van der Waals surface area contributed by atoms with Crippen LogP contribution < -0.4 is 11.1 Å². The van der Waals surface area contributed by atoms with Crippen molar-refractivity contribution in [3.05, 3.63) is 47.4 Å². The predicted molar refractivity (Wildman–Crippen MR) is 112 cm³/mol. The second-order valence-electron chi connectivity index (χ2n) is 8.42. The Morgan fingerprint density at radius 3 is 2.41 bits per heavy atom. The first-order chi connectivity index (χ1) is 14.6. The summed E-state index contributed by atoms with van der Waals surface area (Å²) in [7, 11) is 0. The van der Waals surface area contributed by atoms with Crippen LogP contribution in [-0.4, -0.2) is 48.8 Å². The highest BCUT2D eigenvalue weighted by Gasteiger charge is 2.51. The molecule has 0 fully saturated rings. The zero-order chi connectivity index (χ0) is 24.1. The van der Waals surface area contributed by atoms with Gasteiger partial charge in [-0.2, -0.15) is 13.2 Å². The van der Waals surface area contributed by atoms with Gasteiger partial charge in [-0.25, -0.2) is 9.97 Å². The van der Waals surface area contributed by atoms with Crippen molar-refractivity contribution in [2.75, 3.05) is 12.3 Å². The van der Waals surface area contributed by atoms with E-state index in [4.69, 9.17) is 5.73 Å². The standard InChI is InChI=1S/C21H24F3N5O3/c1-11-5-6-12(20(4,32)21(22,23)24)7-13(11)14-8-26-15-9-27-16(17(25)29(14)15)18(30)28-10-19(2,3)31/h5-9,31-32H,10,25H2,1-4H3,(H,28,30). The maximum atomic E-state index is 13.4. The third kappa shape index (κ3) is 4.26. The molecule has 0 saturated heterocycles. The van der Waals surface area contributed by atoms with Gasteiger partial charge in [0.15, 0.2) is 16.9 Å². The number of aromatic nitrogens is 3. The number of halogens is 3. The second kappa shape index (κ2) is 7.75. The Hall–Kier alpha value is -3.18. The zero-order valence-corrected chi connectivity index (χ0v) is 17.9. The minimum Gasteiger partial charge on any atom is -0.389 e. The molecule has 0 radical (unpaired) electrons. The highest BCUT2D eigenvalue weighted by atomic mass is 19.4. The average Bonchev–Trinajstić information content (AvgIpc) is 3.10. The van der Waals surface area contributed by atoms with Crippen molar-refractivity contribution in [2.45, 2.75) is 45.1 Å². The molecule has 172 valence electrons. The molecule has 3 aromatic rings. The molecule has 1 aromatic carbocycles. The molecule has 0 bridgehead atoms. The van der Waals surface area contributed by atoms with Gasteiger partial charge in [-0.15, -0.1) is 0 Å². The number of anilines is 1. The van der Waals surface area contributed by atoms with E-state index >= 15 is 0 Å². The van der Waals surface area contributed by atoms with Gasteiger partial charge in [0.05, 0.1) is 23.7 Å². The molecule has 5 N–H and O–H groups in total. The summed E-state index contributed by atoms with van der Waals surface area (Å²) in [4.78, 5) is 20.8. The van der Waals surface area contributed by atoms with Crippen LogP contribution in [0.4, 0.5) is 19.0 Å². The number of nitrogens with zero attached hydrogens (tertiary/aromatic N) is 3. The van der Waals surface area contributed by atoms with Crippen molar-refractivity contribution in [3.8, 4) is 11.3 Å². The monoisotopic (exact) mass is 451 g/mol. The lowest BCUT2D eigenvalue weighted by molar-refractivity contribution is -0.258. The number of hydrogen-bond donors (Lipinski definition) is 4. The summed E-state index contributed by atoms with van der Waals surface area (Å²) < 4.78 is 41.5. The van der Waals surface area contributed by atoms with E-state index in [1.54, 1.807) is 6.92 Å². The number of nitrogens with one attached hydrogen (secondary N) is 1. The van der Waals surface area contributed by atoms with Crippen LogP contribution in [-0.2, 0) is 5.60 Å². The molecule has 1 unspecified atom stereocenters. The Morgan fingerprint density at radius 1 is 1.16 bits per heavy atom. The van der Waals surface area contributed by atoms with Gasteiger partial charge >= 0.3 is 6.18 Å². The fraction of sp³-hybridized carbons (Fsp3) is 0.381. The first-order valence-corrected chi connectivity index (χ1v) is 9.66. The van der Waals surface area contributed by atoms with Crippen LogP contribution in [0.5, 0.6) is 0 Å². The van der Waals surface area contributed by atoms with E-state index in [-0.39, 0.29) is 29.3 Å². The molecule has 11 heteroatoms. The largest absolute Gasteiger partial charge is 0.421 e. The summed E-state index contributed by atoms with van der Waals surface area (Å²) in [5.41, 5.74) is 3.06. The van der Waals surface area contributed by atoms with Gasteiger partial charge in [-0.05, 0) is 44.9 Å². The molecule has 32 heavy (non-hydrogen) atoms. The lowest BCUT2D eigenvalue weighted by Crippen LogP contribution is -2.39. The molecule has 8 nitrogen and oxygen atoms in total. The van der Waals surface area contributed by atoms with E-state index in [1.165, 1.54) is 48.8 Å². The maximum Gasteiger partial charge on any atom is 0.421 e. The Kier molecular flexibility index (Phi) is 5.69. The molecule has 0 saturated carbocycles. The van der Waals surface area contributed by atoms with Crippen LogP contribution in [0.1, 0.15) is 42.4 Å². The number of fused-ring (bicyclic) bond motifs is 1. The van der Waals surface area contributed by atoms with Crippen molar-refractivity contribution in [1.29, 1.82) is 0 Å². The van der Waals surface area contributed by atoms with E-state index < -0.39 is 23.3 Å². The van der Waals surface area contributed by atoms with Crippen molar-refractivity contribution in [1.82, 2.24) is 19.7 Å². The van der Waals surface area contributed by atoms with Crippen molar-refractivity contribution in [2.24, 2.45) is 0 Å². The van der Waals surface area contributed by atoms with Crippen LogP contribution in [0.2, 0.25) is 0 Å². The molecule has 0 aliphatic heterocycles. The minimum atomic E-state index is -4.88. The third-order valence-corrected chi connectivity index (χ3v) is 5.11. The fourth-order valence-corrected chi connectivity index (χ4v) is 3.11. The molecule has 0 spiro atoms. The SMILES string of the molecule is Cc1ccc(C(C)(O)C(F)(F)F)cc1-c1cnc2cnc(C(=O)NCC(C)(C)O)c(N)n12. The number of hydrogen-bond acceptors (Lipinski definition) is 6. The number of amides is 1. The van der Waals surface area contributed by atoms with E-state index in [2.05, 4.69) is 15.3 Å².